The van der Waals surface area contributed by atoms with Crippen LogP contribution in [0.15, 0.2) is 67.0 Å². The number of hydrogen-bond donors (Lipinski definition) is 1. The Morgan fingerprint density at radius 3 is 2.27 bits per heavy atom. The first-order valence-electron chi connectivity index (χ1n) is 8.14. The van der Waals surface area contributed by atoms with Gasteiger partial charge in [-0.1, -0.05) is 41.9 Å². The number of benzene rings is 2. The van der Waals surface area contributed by atoms with Gasteiger partial charge in [0.15, 0.2) is 12.4 Å². The van der Waals surface area contributed by atoms with E-state index in [1.165, 1.54) is 0 Å². The lowest BCUT2D eigenvalue weighted by Gasteiger charge is -2.11. The van der Waals surface area contributed by atoms with E-state index in [4.69, 9.17) is 11.6 Å². The standard InChI is InChI=1S/C21H19ClN2O.BrH/c1-15-11-19(22)12-16(2)21(15)23-20(25)14-24-10-6-9-18(13-24)17-7-4-3-5-8-17;/h3-13H,14H2,1-2H3;1H. The first-order chi connectivity index (χ1) is 12.0. The zero-order chi connectivity index (χ0) is 17.8. The number of carbonyl (C=O) groups excluding carboxylic acids is 1. The summed E-state index contributed by atoms with van der Waals surface area (Å²) in [6, 6.07) is 17.8. The molecular weight excluding hydrogens is 412 g/mol. The first-order valence-corrected chi connectivity index (χ1v) is 8.52. The van der Waals surface area contributed by atoms with Crippen molar-refractivity contribution in [1.29, 1.82) is 0 Å². The maximum atomic E-state index is 12.5. The topological polar surface area (TPSA) is 33.0 Å². The van der Waals surface area contributed by atoms with Gasteiger partial charge in [-0.15, -0.1) is 0 Å². The van der Waals surface area contributed by atoms with E-state index in [-0.39, 0.29) is 29.4 Å². The molecule has 0 fully saturated rings. The van der Waals surface area contributed by atoms with Crippen LogP contribution in [-0.2, 0) is 11.3 Å². The van der Waals surface area contributed by atoms with Crippen LogP contribution in [0.25, 0.3) is 11.1 Å². The summed E-state index contributed by atoms with van der Waals surface area (Å²) in [5, 5.41) is 3.67. The van der Waals surface area contributed by atoms with E-state index in [0.29, 0.717) is 5.02 Å². The van der Waals surface area contributed by atoms with Crippen molar-refractivity contribution in [1.82, 2.24) is 0 Å². The summed E-state index contributed by atoms with van der Waals surface area (Å²) in [4.78, 5) is 12.5. The molecule has 26 heavy (non-hydrogen) atoms. The maximum absolute atomic E-state index is 12.5. The molecule has 0 spiro atoms. The van der Waals surface area contributed by atoms with Crippen LogP contribution < -0.4 is 26.9 Å². The first kappa shape index (κ1) is 20.1. The van der Waals surface area contributed by atoms with Crippen LogP contribution in [-0.4, -0.2) is 5.91 Å². The molecule has 0 atom stereocenters. The highest BCUT2D eigenvalue weighted by Gasteiger charge is 2.14. The third-order valence-corrected chi connectivity index (χ3v) is 4.27. The molecule has 5 heteroatoms. The van der Waals surface area contributed by atoms with Crippen LogP contribution in [0.1, 0.15) is 11.1 Å². The van der Waals surface area contributed by atoms with E-state index in [1.54, 1.807) is 0 Å². The van der Waals surface area contributed by atoms with Crippen LogP contribution in [0.2, 0.25) is 5.02 Å². The molecule has 0 bridgehead atoms. The summed E-state index contributed by atoms with van der Waals surface area (Å²) in [5.41, 5.74) is 4.95. The fourth-order valence-electron chi connectivity index (χ4n) is 2.87. The molecule has 0 aliphatic rings. The molecule has 1 heterocycles. The molecule has 3 nitrogen and oxygen atoms in total. The van der Waals surface area contributed by atoms with Crippen molar-refractivity contribution >= 4 is 23.2 Å². The summed E-state index contributed by atoms with van der Waals surface area (Å²) < 4.78 is 1.89. The molecular formula is C21H20BrClN2O. The van der Waals surface area contributed by atoms with Gasteiger partial charge in [-0.3, -0.25) is 4.79 Å². The van der Waals surface area contributed by atoms with Gasteiger partial charge >= 0.3 is 0 Å². The summed E-state index contributed by atoms with van der Waals surface area (Å²) in [7, 11) is 0. The summed E-state index contributed by atoms with van der Waals surface area (Å²) >= 11 is 6.05. The van der Waals surface area contributed by atoms with E-state index in [2.05, 4.69) is 17.4 Å². The second-order valence-electron chi connectivity index (χ2n) is 6.09. The lowest BCUT2D eigenvalue weighted by molar-refractivity contribution is -0.683. The molecule has 1 N–H and O–H groups in total. The van der Waals surface area contributed by atoms with Gasteiger partial charge in [0.05, 0.1) is 0 Å². The minimum absolute atomic E-state index is 0. The van der Waals surface area contributed by atoms with Crippen molar-refractivity contribution in [3.63, 3.8) is 0 Å². The number of amides is 1. The van der Waals surface area contributed by atoms with Crippen molar-refractivity contribution in [3.05, 3.63) is 83.1 Å². The van der Waals surface area contributed by atoms with E-state index in [0.717, 1.165) is 27.9 Å². The van der Waals surface area contributed by atoms with Crippen molar-refractivity contribution in [2.24, 2.45) is 0 Å². The number of anilines is 1. The number of nitrogens with one attached hydrogen (secondary N) is 1. The minimum atomic E-state index is -0.0660. The summed E-state index contributed by atoms with van der Waals surface area (Å²) in [6.45, 7) is 4.14. The molecule has 0 radical (unpaired) electrons. The monoisotopic (exact) mass is 430 g/mol. The number of nitrogens with zero attached hydrogens (tertiary/aromatic N) is 1. The van der Waals surface area contributed by atoms with Gasteiger partial charge in [0.1, 0.15) is 0 Å². The molecule has 1 aromatic heterocycles. The molecule has 1 amide bonds. The molecule has 3 rings (SSSR count). The Balaban J connectivity index is 0.00000243. The third-order valence-electron chi connectivity index (χ3n) is 4.05. The Morgan fingerprint density at radius 1 is 1.00 bits per heavy atom. The largest absolute Gasteiger partial charge is 1.00 e. The van der Waals surface area contributed by atoms with Gasteiger partial charge in [-0.25, -0.2) is 0 Å². The molecule has 2 aromatic carbocycles. The Hall–Kier alpha value is -2.17. The van der Waals surface area contributed by atoms with Crippen LogP contribution in [0, 0.1) is 13.8 Å². The molecule has 134 valence electrons. The number of halogens is 2. The molecule has 0 unspecified atom stereocenters. The van der Waals surface area contributed by atoms with Crippen LogP contribution >= 0.6 is 11.6 Å². The van der Waals surface area contributed by atoms with E-state index < -0.39 is 0 Å². The van der Waals surface area contributed by atoms with Gasteiger partial charge in [0.25, 0.3) is 5.91 Å². The summed E-state index contributed by atoms with van der Waals surface area (Å²) in [5.74, 6) is -0.0660. The highest BCUT2D eigenvalue weighted by Crippen LogP contribution is 2.24. The lowest BCUT2D eigenvalue weighted by atomic mass is 10.1. The Morgan fingerprint density at radius 2 is 1.62 bits per heavy atom. The zero-order valence-corrected chi connectivity index (χ0v) is 17.0. The highest BCUT2D eigenvalue weighted by atomic mass is 79.9. The van der Waals surface area contributed by atoms with Gasteiger partial charge in [-0.2, -0.15) is 4.57 Å². The molecule has 0 saturated heterocycles. The van der Waals surface area contributed by atoms with E-state index in [9.17, 15) is 4.79 Å². The Bertz CT molecular complexity index is 890. The number of carbonyl (C=O) groups is 1. The predicted molar refractivity (Wildman–Crippen MR) is 102 cm³/mol. The normalized spacial score (nSPS) is 10.1. The van der Waals surface area contributed by atoms with Gasteiger partial charge in [-0.05, 0) is 48.7 Å². The van der Waals surface area contributed by atoms with E-state index >= 15 is 0 Å². The van der Waals surface area contributed by atoms with Gasteiger partial charge in [0.2, 0.25) is 6.54 Å². The number of aromatic nitrogens is 1. The quantitative estimate of drug-likeness (QED) is 0.625. The van der Waals surface area contributed by atoms with Crippen molar-refractivity contribution in [2.75, 3.05) is 5.32 Å². The molecule has 0 aliphatic heterocycles. The van der Waals surface area contributed by atoms with E-state index in [1.807, 2.05) is 73.3 Å². The molecule has 3 aromatic rings. The Labute approximate surface area is 169 Å². The number of hydrogen-bond acceptors (Lipinski definition) is 1. The van der Waals surface area contributed by atoms with Crippen molar-refractivity contribution in [2.45, 2.75) is 20.4 Å². The molecule has 0 saturated carbocycles. The molecule has 0 aliphatic carbocycles. The Kier molecular flexibility index (Phi) is 6.95. The number of pyridine rings is 1. The third kappa shape index (κ3) is 4.93. The van der Waals surface area contributed by atoms with Crippen molar-refractivity contribution in [3.8, 4) is 11.1 Å². The highest BCUT2D eigenvalue weighted by molar-refractivity contribution is 6.30. The SMILES string of the molecule is Cc1cc(Cl)cc(C)c1NC(=O)C[n+]1cccc(-c2ccccc2)c1.[Br-]. The fourth-order valence-corrected chi connectivity index (χ4v) is 3.20. The smallest absolute Gasteiger partial charge is 0.290 e. The fraction of sp³-hybridized carbons (Fsp3) is 0.143. The van der Waals surface area contributed by atoms with Crippen LogP contribution in [0.5, 0.6) is 0 Å². The average Bonchev–Trinajstić information content (AvgIpc) is 2.59. The second kappa shape index (κ2) is 8.97. The minimum Gasteiger partial charge on any atom is -1.00 e. The maximum Gasteiger partial charge on any atom is 0.290 e. The zero-order valence-electron chi connectivity index (χ0n) is 14.7. The van der Waals surface area contributed by atoms with Crippen LogP contribution in [0.3, 0.4) is 0 Å². The second-order valence-corrected chi connectivity index (χ2v) is 6.53. The lowest BCUT2D eigenvalue weighted by Crippen LogP contribution is -3.00. The summed E-state index contributed by atoms with van der Waals surface area (Å²) in [6.07, 6.45) is 3.88. The van der Waals surface area contributed by atoms with Gasteiger partial charge in [0, 0.05) is 22.3 Å². The van der Waals surface area contributed by atoms with Crippen molar-refractivity contribution < 1.29 is 26.3 Å². The predicted octanol–water partition coefficient (Wildman–Crippen LogP) is 1.55. The van der Waals surface area contributed by atoms with Gasteiger partial charge < -0.3 is 22.3 Å². The van der Waals surface area contributed by atoms with Crippen LogP contribution in [0.4, 0.5) is 5.69 Å². The average molecular weight is 432 g/mol. The number of rotatable bonds is 4. The number of aryl methyl sites for hydroxylation is 2.